The van der Waals surface area contributed by atoms with Gasteiger partial charge in [0.2, 0.25) is 0 Å². The van der Waals surface area contributed by atoms with Gasteiger partial charge in [-0.3, -0.25) is 9.59 Å². The van der Waals surface area contributed by atoms with Gasteiger partial charge in [-0.15, -0.1) is 0 Å². The Labute approximate surface area is 158 Å². The number of rotatable bonds is 6. The van der Waals surface area contributed by atoms with E-state index in [2.05, 4.69) is 5.32 Å². The maximum Gasteiger partial charge on any atom is 0.309 e. The minimum atomic E-state index is -0.140. The molecule has 1 heterocycles. The summed E-state index contributed by atoms with van der Waals surface area (Å²) in [6.45, 7) is 6.16. The lowest BCUT2D eigenvalue weighted by Crippen LogP contribution is -3.14. The molecule has 1 aromatic rings. The van der Waals surface area contributed by atoms with Crippen molar-refractivity contribution in [3.05, 3.63) is 33.8 Å². The Kier molecular flexibility index (Phi) is 7.54. The predicted octanol–water partition coefficient (Wildman–Crippen LogP) is 2.03. The van der Waals surface area contributed by atoms with E-state index in [0.29, 0.717) is 23.2 Å². The van der Waals surface area contributed by atoms with E-state index in [0.717, 1.165) is 31.5 Å². The first-order valence-corrected chi connectivity index (χ1v) is 9.40. The largest absolute Gasteiger partial charge is 0.466 e. The standard InChI is InChI=1S/C18H24Cl2N2O3/c1-3-25-18(24)13-6-8-22(9-7-13)11-17(23)21-12(2)14-4-5-15(19)16(20)10-14/h4-5,10,12-13H,3,6-9,11H2,1-2H3,(H,21,23)/p+1/t12-/m0/s1. The van der Waals surface area contributed by atoms with Gasteiger partial charge in [0, 0.05) is 12.8 Å². The van der Waals surface area contributed by atoms with E-state index in [1.54, 1.807) is 12.1 Å². The van der Waals surface area contributed by atoms with Crippen molar-refractivity contribution < 1.29 is 19.2 Å². The zero-order valence-electron chi connectivity index (χ0n) is 14.6. The van der Waals surface area contributed by atoms with E-state index in [9.17, 15) is 9.59 Å². The van der Waals surface area contributed by atoms with Gasteiger partial charge in [0.1, 0.15) is 0 Å². The smallest absolute Gasteiger partial charge is 0.309 e. The van der Waals surface area contributed by atoms with E-state index < -0.39 is 0 Å². The molecule has 1 fully saturated rings. The van der Waals surface area contributed by atoms with Crippen molar-refractivity contribution in [1.82, 2.24) is 5.32 Å². The first kappa shape index (κ1) is 20.0. The van der Waals surface area contributed by atoms with Crippen LogP contribution >= 0.6 is 23.2 Å². The lowest BCUT2D eigenvalue weighted by atomic mass is 9.97. The summed E-state index contributed by atoms with van der Waals surface area (Å²) in [5.74, 6) is -0.149. The third-order valence-corrected chi connectivity index (χ3v) is 5.28. The highest BCUT2D eigenvalue weighted by atomic mass is 35.5. The van der Waals surface area contributed by atoms with Gasteiger partial charge < -0.3 is 15.0 Å². The molecule has 7 heteroatoms. The maximum atomic E-state index is 12.3. The molecule has 2 N–H and O–H groups in total. The normalized spacial score (nSPS) is 21.4. The number of piperidine rings is 1. The molecular weight excluding hydrogens is 363 g/mol. The molecule has 0 spiro atoms. The molecule has 1 aliphatic heterocycles. The fourth-order valence-corrected chi connectivity index (χ4v) is 3.39. The number of hydrogen-bond donors (Lipinski definition) is 2. The van der Waals surface area contributed by atoms with Crippen LogP contribution in [-0.4, -0.2) is 38.1 Å². The Morgan fingerprint density at radius 3 is 2.56 bits per heavy atom. The highest BCUT2D eigenvalue weighted by Gasteiger charge is 2.29. The van der Waals surface area contributed by atoms with Crippen LogP contribution in [0.1, 0.15) is 38.3 Å². The van der Waals surface area contributed by atoms with Crippen molar-refractivity contribution >= 4 is 35.1 Å². The van der Waals surface area contributed by atoms with Gasteiger partial charge in [-0.05, 0) is 31.5 Å². The molecule has 1 amide bonds. The van der Waals surface area contributed by atoms with Gasteiger partial charge in [-0.25, -0.2) is 0 Å². The van der Waals surface area contributed by atoms with Gasteiger partial charge in [0.05, 0.1) is 41.7 Å². The molecule has 1 aromatic carbocycles. The third kappa shape index (κ3) is 5.87. The second-order valence-electron chi connectivity index (χ2n) is 6.42. The SMILES string of the molecule is CCOC(=O)C1CC[NH+](CC(=O)N[C@@H](C)c2ccc(Cl)c(Cl)c2)CC1. The monoisotopic (exact) mass is 387 g/mol. The Hall–Kier alpha value is -1.30. The Morgan fingerprint density at radius 2 is 1.96 bits per heavy atom. The zero-order chi connectivity index (χ0) is 18.4. The number of benzene rings is 1. The van der Waals surface area contributed by atoms with Crippen molar-refractivity contribution in [2.24, 2.45) is 5.92 Å². The first-order valence-electron chi connectivity index (χ1n) is 8.65. The minimum absolute atomic E-state index is 0.0110. The van der Waals surface area contributed by atoms with Crippen LogP contribution in [0.15, 0.2) is 18.2 Å². The van der Waals surface area contributed by atoms with E-state index in [-0.39, 0.29) is 23.8 Å². The van der Waals surface area contributed by atoms with Crippen LogP contribution in [-0.2, 0) is 14.3 Å². The first-order chi connectivity index (χ1) is 11.9. The molecular formula is C18H25Cl2N2O3+. The maximum absolute atomic E-state index is 12.3. The summed E-state index contributed by atoms with van der Waals surface area (Å²) in [6, 6.07) is 5.22. The third-order valence-electron chi connectivity index (χ3n) is 4.54. The number of hydrogen-bond acceptors (Lipinski definition) is 3. The van der Waals surface area contributed by atoms with Gasteiger partial charge in [-0.1, -0.05) is 29.3 Å². The highest BCUT2D eigenvalue weighted by Crippen LogP contribution is 2.25. The molecule has 0 radical (unpaired) electrons. The number of quaternary nitrogens is 1. The fourth-order valence-electron chi connectivity index (χ4n) is 3.08. The van der Waals surface area contributed by atoms with Gasteiger partial charge in [0.25, 0.3) is 5.91 Å². The number of esters is 1. The van der Waals surface area contributed by atoms with Crippen LogP contribution in [0.4, 0.5) is 0 Å². The second kappa shape index (κ2) is 9.41. The van der Waals surface area contributed by atoms with E-state index in [1.165, 1.54) is 4.90 Å². The van der Waals surface area contributed by atoms with E-state index in [4.69, 9.17) is 27.9 Å². The number of ether oxygens (including phenoxy) is 1. The van der Waals surface area contributed by atoms with Gasteiger partial charge in [-0.2, -0.15) is 0 Å². The number of likely N-dealkylation sites (tertiary alicyclic amines) is 1. The summed E-state index contributed by atoms with van der Waals surface area (Å²) in [7, 11) is 0. The topological polar surface area (TPSA) is 59.8 Å². The Bertz CT molecular complexity index is 616. The van der Waals surface area contributed by atoms with Gasteiger partial charge in [0.15, 0.2) is 6.54 Å². The summed E-state index contributed by atoms with van der Waals surface area (Å²) in [5.41, 5.74) is 0.916. The summed E-state index contributed by atoms with van der Waals surface area (Å²) in [4.78, 5) is 25.2. The predicted molar refractivity (Wildman–Crippen MR) is 97.9 cm³/mol. The van der Waals surface area contributed by atoms with E-state index >= 15 is 0 Å². The van der Waals surface area contributed by atoms with Crippen LogP contribution in [0.5, 0.6) is 0 Å². The minimum Gasteiger partial charge on any atom is -0.466 e. The fraction of sp³-hybridized carbons (Fsp3) is 0.556. The molecule has 0 aromatic heterocycles. The lowest BCUT2D eigenvalue weighted by Gasteiger charge is -2.28. The molecule has 0 unspecified atom stereocenters. The Balaban J connectivity index is 1.79. The van der Waals surface area contributed by atoms with E-state index in [1.807, 2.05) is 19.9 Å². The highest BCUT2D eigenvalue weighted by molar-refractivity contribution is 6.42. The summed E-state index contributed by atoms with van der Waals surface area (Å²) in [5, 5.41) is 3.97. The molecule has 2 rings (SSSR count). The van der Waals surface area contributed by atoms with Gasteiger partial charge >= 0.3 is 5.97 Å². The average Bonchev–Trinajstić information content (AvgIpc) is 2.58. The molecule has 25 heavy (non-hydrogen) atoms. The number of carbonyl (C=O) groups excluding carboxylic acids is 2. The van der Waals surface area contributed by atoms with Crippen molar-refractivity contribution in [3.8, 4) is 0 Å². The number of halogens is 2. The molecule has 1 atom stereocenters. The van der Waals surface area contributed by atoms with Crippen LogP contribution < -0.4 is 10.2 Å². The Morgan fingerprint density at radius 1 is 1.28 bits per heavy atom. The molecule has 138 valence electrons. The van der Waals surface area contributed by atoms with Crippen molar-refractivity contribution in [1.29, 1.82) is 0 Å². The number of carbonyl (C=O) groups is 2. The zero-order valence-corrected chi connectivity index (χ0v) is 16.1. The van der Waals surface area contributed by atoms with Crippen molar-refractivity contribution in [3.63, 3.8) is 0 Å². The van der Waals surface area contributed by atoms with Crippen LogP contribution in [0.2, 0.25) is 10.0 Å². The molecule has 1 saturated heterocycles. The summed E-state index contributed by atoms with van der Waals surface area (Å²) in [6.07, 6.45) is 1.54. The second-order valence-corrected chi connectivity index (χ2v) is 7.23. The molecule has 0 aliphatic carbocycles. The number of amides is 1. The molecule has 0 bridgehead atoms. The van der Waals surface area contributed by atoms with Crippen LogP contribution in [0, 0.1) is 5.92 Å². The summed E-state index contributed by atoms with van der Waals surface area (Å²) < 4.78 is 5.07. The van der Waals surface area contributed by atoms with Crippen molar-refractivity contribution in [2.75, 3.05) is 26.2 Å². The summed E-state index contributed by atoms with van der Waals surface area (Å²) >= 11 is 11.9. The quantitative estimate of drug-likeness (QED) is 0.734. The number of nitrogens with one attached hydrogen (secondary N) is 2. The lowest BCUT2D eigenvalue weighted by molar-refractivity contribution is -0.897. The van der Waals surface area contributed by atoms with Crippen LogP contribution in [0.25, 0.3) is 0 Å². The van der Waals surface area contributed by atoms with Crippen LogP contribution in [0.3, 0.4) is 0 Å². The van der Waals surface area contributed by atoms with Crippen molar-refractivity contribution in [2.45, 2.75) is 32.7 Å². The molecule has 0 saturated carbocycles. The molecule has 1 aliphatic rings. The average molecular weight is 388 g/mol. The molecule has 5 nitrogen and oxygen atoms in total.